The van der Waals surface area contributed by atoms with Crippen LogP contribution < -0.4 is 14.4 Å². The maximum absolute atomic E-state index is 13.5. The maximum Gasteiger partial charge on any atom is 0.232 e. The minimum Gasteiger partial charge on any atom is -0.490 e. The predicted octanol–water partition coefficient (Wildman–Crippen LogP) is 6.38. The number of ether oxygens (including phenoxy) is 2. The number of hydrogen-bond donors (Lipinski definition) is 0. The standard InChI is InChI=1S/C27H28ClNO3/c1-4-18-10-12-22(13-11-18)29-26(30)16-20-15-24(31-5-2)25(32-6-3)17-23(20)27(29)19-8-7-9-21(28)14-19/h7-15,17,27H,4-6,16H2,1-3H3/t27-/m1/s1. The van der Waals surface area contributed by atoms with E-state index in [9.17, 15) is 4.79 Å². The third-order valence-electron chi connectivity index (χ3n) is 5.76. The van der Waals surface area contributed by atoms with Crippen LogP contribution in [0.4, 0.5) is 5.69 Å². The number of amides is 1. The largest absolute Gasteiger partial charge is 0.490 e. The third-order valence-corrected chi connectivity index (χ3v) is 5.99. The molecule has 3 aromatic carbocycles. The molecule has 32 heavy (non-hydrogen) atoms. The average Bonchev–Trinajstić information content (AvgIpc) is 2.79. The van der Waals surface area contributed by atoms with Crippen LogP contribution in [0.25, 0.3) is 0 Å². The molecular formula is C27H28ClNO3. The van der Waals surface area contributed by atoms with Crippen molar-refractivity contribution in [3.63, 3.8) is 0 Å². The van der Waals surface area contributed by atoms with Crippen LogP contribution in [0.1, 0.15) is 49.1 Å². The zero-order chi connectivity index (χ0) is 22.7. The molecule has 0 radical (unpaired) electrons. The molecule has 3 aromatic rings. The van der Waals surface area contributed by atoms with Crippen LogP contribution in [0, 0.1) is 0 Å². The summed E-state index contributed by atoms with van der Waals surface area (Å²) in [6.07, 6.45) is 1.25. The number of hydrogen-bond acceptors (Lipinski definition) is 3. The first kappa shape index (κ1) is 22.2. The van der Waals surface area contributed by atoms with Gasteiger partial charge in [-0.1, -0.05) is 42.8 Å². The number of carbonyl (C=O) groups is 1. The minimum atomic E-state index is -0.313. The monoisotopic (exact) mass is 449 g/mol. The van der Waals surface area contributed by atoms with Crippen LogP contribution in [-0.4, -0.2) is 19.1 Å². The molecule has 0 aromatic heterocycles. The molecule has 4 nitrogen and oxygen atoms in total. The number of anilines is 1. The normalized spacial score (nSPS) is 15.4. The molecule has 0 bridgehead atoms. The van der Waals surface area contributed by atoms with Crippen molar-refractivity contribution in [3.8, 4) is 11.5 Å². The van der Waals surface area contributed by atoms with Gasteiger partial charge in [0.05, 0.1) is 25.7 Å². The van der Waals surface area contributed by atoms with Gasteiger partial charge in [-0.15, -0.1) is 0 Å². The van der Waals surface area contributed by atoms with Gasteiger partial charge in [-0.2, -0.15) is 0 Å². The lowest BCUT2D eigenvalue weighted by molar-refractivity contribution is -0.118. The second-order valence-corrected chi connectivity index (χ2v) is 8.22. The fourth-order valence-electron chi connectivity index (χ4n) is 4.28. The summed E-state index contributed by atoms with van der Waals surface area (Å²) in [6.45, 7) is 7.07. The van der Waals surface area contributed by atoms with Crippen molar-refractivity contribution >= 4 is 23.2 Å². The molecule has 5 heteroatoms. The quantitative estimate of drug-likeness (QED) is 0.420. The molecule has 1 amide bonds. The third kappa shape index (κ3) is 4.33. The van der Waals surface area contributed by atoms with Gasteiger partial charge < -0.3 is 14.4 Å². The fourth-order valence-corrected chi connectivity index (χ4v) is 4.48. The lowest BCUT2D eigenvalue weighted by atomic mass is 9.86. The van der Waals surface area contributed by atoms with E-state index in [0.29, 0.717) is 36.2 Å². The molecule has 0 unspecified atom stereocenters. The van der Waals surface area contributed by atoms with Crippen molar-refractivity contribution in [1.29, 1.82) is 0 Å². The van der Waals surface area contributed by atoms with E-state index in [4.69, 9.17) is 21.1 Å². The van der Waals surface area contributed by atoms with Crippen LogP contribution in [0.2, 0.25) is 5.02 Å². The van der Waals surface area contributed by atoms with Gasteiger partial charge in [0.1, 0.15) is 0 Å². The number of nitrogens with zero attached hydrogens (tertiary/aromatic N) is 1. The van der Waals surface area contributed by atoms with Crippen molar-refractivity contribution in [1.82, 2.24) is 0 Å². The molecule has 0 fully saturated rings. The van der Waals surface area contributed by atoms with Gasteiger partial charge in [0.25, 0.3) is 0 Å². The highest BCUT2D eigenvalue weighted by atomic mass is 35.5. The first-order chi connectivity index (χ1) is 15.5. The molecule has 1 aliphatic heterocycles. The molecule has 0 spiro atoms. The fraction of sp³-hybridized carbons (Fsp3) is 0.296. The molecular weight excluding hydrogens is 422 g/mol. The molecule has 0 aliphatic carbocycles. The molecule has 1 atom stereocenters. The van der Waals surface area contributed by atoms with E-state index < -0.39 is 0 Å². The van der Waals surface area contributed by atoms with Crippen LogP contribution in [0.5, 0.6) is 11.5 Å². The molecule has 4 rings (SSSR count). The van der Waals surface area contributed by atoms with Gasteiger partial charge >= 0.3 is 0 Å². The van der Waals surface area contributed by atoms with Crippen molar-refractivity contribution < 1.29 is 14.3 Å². The second-order valence-electron chi connectivity index (χ2n) is 7.78. The Morgan fingerprint density at radius 3 is 2.25 bits per heavy atom. The summed E-state index contributed by atoms with van der Waals surface area (Å²) in [5, 5.41) is 0.638. The Labute approximate surface area is 194 Å². The summed E-state index contributed by atoms with van der Waals surface area (Å²) >= 11 is 6.36. The Hall–Kier alpha value is -2.98. The van der Waals surface area contributed by atoms with E-state index in [-0.39, 0.29) is 11.9 Å². The highest BCUT2D eigenvalue weighted by Gasteiger charge is 2.36. The summed E-state index contributed by atoms with van der Waals surface area (Å²) in [7, 11) is 0. The first-order valence-corrected chi connectivity index (χ1v) is 11.5. The van der Waals surface area contributed by atoms with Crippen molar-refractivity contribution in [3.05, 3.63) is 87.9 Å². The van der Waals surface area contributed by atoms with Crippen LogP contribution in [0.15, 0.2) is 60.7 Å². The molecule has 1 aliphatic rings. The summed E-state index contributed by atoms with van der Waals surface area (Å²) < 4.78 is 11.7. The van der Waals surface area contributed by atoms with Gasteiger partial charge in [0.15, 0.2) is 11.5 Å². The number of carbonyl (C=O) groups excluding carboxylic acids is 1. The van der Waals surface area contributed by atoms with Gasteiger partial charge in [0.2, 0.25) is 5.91 Å². The van der Waals surface area contributed by atoms with E-state index in [2.05, 4.69) is 19.1 Å². The van der Waals surface area contributed by atoms with Crippen molar-refractivity contribution in [2.75, 3.05) is 18.1 Å². The number of rotatable bonds is 7. The van der Waals surface area contributed by atoms with Crippen LogP contribution >= 0.6 is 11.6 Å². The Morgan fingerprint density at radius 1 is 0.938 bits per heavy atom. The highest BCUT2D eigenvalue weighted by molar-refractivity contribution is 6.30. The molecule has 0 saturated carbocycles. The summed E-state index contributed by atoms with van der Waals surface area (Å²) in [4.78, 5) is 15.4. The Bertz CT molecular complexity index is 1110. The smallest absolute Gasteiger partial charge is 0.232 e. The predicted molar refractivity (Wildman–Crippen MR) is 129 cm³/mol. The van der Waals surface area contributed by atoms with Gasteiger partial charge in [-0.3, -0.25) is 4.79 Å². The van der Waals surface area contributed by atoms with Crippen LogP contribution in [-0.2, 0) is 17.6 Å². The number of aryl methyl sites for hydroxylation is 1. The second kappa shape index (κ2) is 9.66. The number of fused-ring (bicyclic) bond motifs is 1. The van der Waals surface area contributed by atoms with Gasteiger partial charge in [-0.25, -0.2) is 0 Å². The number of benzene rings is 3. The first-order valence-electron chi connectivity index (χ1n) is 11.1. The van der Waals surface area contributed by atoms with Crippen molar-refractivity contribution in [2.45, 2.75) is 39.7 Å². The summed E-state index contributed by atoms with van der Waals surface area (Å²) in [5.41, 5.74) is 5.04. The maximum atomic E-state index is 13.5. The molecule has 166 valence electrons. The van der Waals surface area contributed by atoms with Crippen molar-refractivity contribution in [2.24, 2.45) is 0 Å². The van der Waals surface area contributed by atoms with E-state index in [1.54, 1.807) is 0 Å². The van der Waals surface area contributed by atoms with E-state index >= 15 is 0 Å². The Balaban J connectivity index is 1.91. The van der Waals surface area contributed by atoms with E-state index in [0.717, 1.165) is 28.8 Å². The molecule has 1 heterocycles. The van der Waals surface area contributed by atoms with Crippen LogP contribution in [0.3, 0.4) is 0 Å². The highest BCUT2D eigenvalue weighted by Crippen LogP contribution is 2.43. The molecule has 0 saturated heterocycles. The zero-order valence-electron chi connectivity index (χ0n) is 18.7. The van der Waals surface area contributed by atoms with Gasteiger partial charge in [-0.05, 0) is 78.9 Å². The Morgan fingerprint density at radius 2 is 1.62 bits per heavy atom. The summed E-state index contributed by atoms with van der Waals surface area (Å²) in [5.74, 6) is 1.40. The zero-order valence-corrected chi connectivity index (χ0v) is 19.5. The van der Waals surface area contributed by atoms with E-state index in [1.165, 1.54) is 5.56 Å². The molecule has 0 N–H and O–H groups in total. The SMILES string of the molecule is CCOc1cc2c(cc1OCC)[C@@H](c1cccc(Cl)c1)N(c1ccc(CC)cc1)C(=O)C2. The summed E-state index contributed by atoms with van der Waals surface area (Å²) in [6, 6.07) is 19.6. The topological polar surface area (TPSA) is 38.8 Å². The Kier molecular flexibility index (Phi) is 6.71. The lowest BCUT2D eigenvalue weighted by Crippen LogP contribution is -2.41. The van der Waals surface area contributed by atoms with Gasteiger partial charge in [0, 0.05) is 10.7 Å². The lowest BCUT2D eigenvalue weighted by Gasteiger charge is -2.38. The average molecular weight is 450 g/mol. The van der Waals surface area contributed by atoms with E-state index in [1.807, 2.05) is 67.3 Å². The number of halogens is 1. The minimum absolute atomic E-state index is 0.0401.